The number of nitrogens with zero attached hydrogens (tertiary/aromatic N) is 2. The molecule has 1 atom stereocenters. The van der Waals surface area contributed by atoms with E-state index < -0.39 is 0 Å². The highest BCUT2D eigenvalue weighted by Crippen LogP contribution is 2.21. The summed E-state index contributed by atoms with van der Waals surface area (Å²) in [5.41, 5.74) is 2.65. The van der Waals surface area contributed by atoms with Crippen LogP contribution in [0.2, 0.25) is 5.02 Å². The number of carbonyl (C=O) groups is 1. The van der Waals surface area contributed by atoms with Gasteiger partial charge in [-0.05, 0) is 44.5 Å². The van der Waals surface area contributed by atoms with Crippen molar-refractivity contribution >= 4 is 23.2 Å². The summed E-state index contributed by atoms with van der Waals surface area (Å²) in [4.78, 5) is 12.2. The molecule has 100 valence electrons. The summed E-state index contributed by atoms with van der Waals surface area (Å²) in [5, 5.41) is 7.63. The second-order valence-electron chi connectivity index (χ2n) is 4.54. The molecule has 0 fully saturated rings. The average Bonchev–Trinajstić information content (AvgIpc) is 2.79. The summed E-state index contributed by atoms with van der Waals surface area (Å²) >= 11 is 5.94. The number of amides is 1. The first-order chi connectivity index (χ1) is 8.99. The van der Waals surface area contributed by atoms with Gasteiger partial charge in [0.2, 0.25) is 5.91 Å². The van der Waals surface area contributed by atoms with Crippen LogP contribution in [0.5, 0.6) is 0 Å². The zero-order chi connectivity index (χ0) is 14.0. The lowest BCUT2D eigenvalue weighted by Crippen LogP contribution is -2.25. The van der Waals surface area contributed by atoms with Crippen LogP contribution in [0.25, 0.3) is 0 Å². The van der Waals surface area contributed by atoms with E-state index in [-0.39, 0.29) is 11.9 Å². The fourth-order valence-electron chi connectivity index (χ4n) is 1.86. The largest absolute Gasteiger partial charge is 0.324 e. The maximum absolute atomic E-state index is 12.2. The predicted octanol–water partition coefficient (Wildman–Crippen LogP) is 3.35. The zero-order valence-corrected chi connectivity index (χ0v) is 11.9. The van der Waals surface area contributed by atoms with Gasteiger partial charge in [-0.2, -0.15) is 5.10 Å². The molecule has 1 amide bonds. The summed E-state index contributed by atoms with van der Waals surface area (Å²) in [6, 6.07) is 6.93. The Labute approximate surface area is 117 Å². The van der Waals surface area contributed by atoms with E-state index in [1.54, 1.807) is 23.0 Å². The molecule has 5 heteroatoms. The number of anilines is 1. The highest BCUT2D eigenvalue weighted by atomic mass is 35.5. The van der Waals surface area contributed by atoms with Crippen LogP contribution in [-0.4, -0.2) is 15.7 Å². The normalized spacial score (nSPS) is 12.2. The Hall–Kier alpha value is -1.81. The molecule has 1 unspecified atom stereocenters. The van der Waals surface area contributed by atoms with Gasteiger partial charge in [0.25, 0.3) is 0 Å². The number of aromatic nitrogens is 2. The molecule has 2 rings (SSSR count). The lowest BCUT2D eigenvalue weighted by molar-refractivity contribution is -0.119. The molecule has 1 aromatic carbocycles. The third-order valence-corrected chi connectivity index (χ3v) is 3.31. The summed E-state index contributed by atoms with van der Waals surface area (Å²) in [6.45, 7) is 5.66. The molecule has 0 radical (unpaired) electrons. The molecule has 19 heavy (non-hydrogen) atoms. The average molecular weight is 278 g/mol. The van der Waals surface area contributed by atoms with Gasteiger partial charge in [-0.25, -0.2) is 0 Å². The van der Waals surface area contributed by atoms with Crippen LogP contribution in [-0.2, 0) is 4.79 Å². The van der Waals surface area contributed by atoms with Crippen molar-refractivity contribution < 1.29 is 4.79 Å². The number of nitrogens with one attached hydrogen (secondary N) is 1. The third-order valence-electron chi connectivity index (χ3n) is 3.07. The van der Waals surface area contributed by atoms with Gasteiger partial charge in [0.05, 0.1) is 0 Å². The first-order valence-electron chi connectivity index (χ1n) is 6.06. The Morgan fingerprint density at radius 2 is 2.11 bits per heavy atom. The number of benzene rings is 1. The second-order valence-corrected chi connectivity index (χ2v) is 4.98. The van der Waals surface area contributed by atoms with E-state index in [1.165, 1.54) is 0 Å². The molecule has 0 aliphatic heterocycles. The van der Waals surface area contributed by atoms with Crippen molar-refractivity contribution in [3.8, 4) is 0 Å². The highest BCUT2D eigenvalue weighted by molar-refractivity contribution is 6.31. The van der Waals surface area contributed by atoms with Crippen molar-refractivity contribution in [2.24, 2.45) is 0 Å². The Morgan fingerprint density at radius 3 is 2.74 bits per heavy atom. The molecule has 4 nitrogen and oxygen atoms in total. The van der Waals surface area contributed by atoms with Crippen molar-refractivity contribution in [2.75, 3.05) is 5.32 Å². The standard InChI is InChI=1S/C14H16ClN3O/c1-9-4-5-12(15)8-13(9)17-14(19)11(3)18-10(2)6-7-16-18/h4-8,11H,1-3H3,(H,17,19). The van der Waals surface area contributed by atoms with Crippen LogP contribution in [0.3, 0.4) is 0 Å². The van der Waals surface area contributed by atoms with Gasteiger partial charge in [-0.3, -0.25) is 9.48 Å². The minimum atomic E-state index is -0.367. The number of halogens is 1. The van der Waals surface area contributed by atoms with Crippen molar-refractivity contribution in [3.63, 3.8) is 0 Å². The minimum absolute atomic E-state index is 0.114. The Morgan fingerprint density at radius 1 is 1.37 bits per heavy atom. The van der Waals surface area contributed by atoms with E-state index in [0.717, 1.165) is 16.9 Å². The molecule has 0 aliphatic rings. The quantitative estimate of drug-likeness (QED) is 0.935. The van der Waals surface area contributed by atoms with E-state index in [4.69, 9.17) is 11.6 Å². The molecule has 2 aromatic rings. The molecule has 1 heterocycles. The van der Waals surface area contributed by atoms with Gasteiger partial charge in [-0.1, -0.05) is 17.7 Å². The minimum Gasteiger partial charge on any atom is -0.324 e. The van der Waals surface area contributed by atoms with E-state index in [9.17, 15) is 4.79 Å². The van der Waals surface area contributed by atoms with E-state index >= 15 is 0 Å². The van der Waals surface area contributed by atoms with Crippen molar-refractivity contribution in [2.45, 2.75) is 26.8 Å². The molecule has 0 saturated heterocycles. The van der Waals surface area contributed by atoms with Gasteiger partial charge in [0, 0.05) is 22.6 Å². The van der Waals surface area contributed by atoms with E-state index in [2.05, 4.69) is 10.4 Å². The fourth-order valence-corrected chi connectivity index (χ4v) is 2.04. The monoisotopic (exact) mass is 277 g/mol. The number of aryl methyl sites for hydroxylation is 2. The Balaban J connectivity index is 2.17. The molecule has 1 aromatic heterocycles. The SMILES string of the molecule is Cc1ccc(Cl)cc1NC(=O)C(C)n1nccc1C. The van der Waals surface area contributed by atoms with E-state index in [0.29, 0.717) is 5.02 Å². The number of carbonyl (C=O) groups excluding carboxylic acids is 1. The van der Waals surface area contributed by atoms with E-state index in [1.807, 2.05) is 32.9 Å². The first-order valence-corrected chi connectivity index (χ1v) is 6.44. The van der Waals surface area contributed by atoms with Crippen LogP contribution in [0, 0.1) is 13.8 Å². The molecule has 0 bridgehead atoms. The van der Waals surface area contributed by atoms with Crippen LogP contribution in [0.1, 0.15) is 24.2 Å². The van der Waals surface area contributed by atoms with Crippen LogP contribution < -0.4 is 5.32 Å². The lowest BCUT2D eigenvalue weighted by atomic mass is 10.2. The summed E-state index contributed by atoms with van der Waals surface area (Å²) < 4.78 is 1.69. The van der Waals surface area contributed by atoms with Crippen LogP contribution in [0.15, 0.2) is 30.5 Å². The number of rotatable bonds is 3. The highest BCUT2D eigenvalue weighted by Gasteiger charge is 2.17. The lowest BCUT2D eigenvalue weighted by Gasteiger charge is -2.15. The fraction of sp³-hybridized carbons (Fsp3) is 0.286. The van der Waals surface area contributed by atoms with Crippen LogP contribution >= 0.6 is 11.6 Å². The summed E-state index contributed by atoms with van der Waals surface area (Å²) in [6.07, 6.45) is 1.68. The van der Waals surface area contributed by atoms with Gasteiger partial charge >= 0.3 is 0 Å². The molecule has 0 saturated carbocycles. The summed E-state index contributed by atoms with van der Waals surface area (Å²) in [7, 11) is 0. The smallest absolute Gasteiger partial charge is 0.248 e. The van der Waals surface area contributed by atoms with Gasteiger partial charge in [-0.15, -0.1) is 0 Å². The topological polar surface area (TPSA) is 46.9 Å². The summed E-state index contributed by atoms with van der Waals surface area (Å²) in [5.74, 6) is -0.114. The zero-order valence-electron chi connectivity index (χ0n) is 11.1. The Kier molecular flexibility index (Phi) is 3.90. The molecule has 0 spiro atoms. The van der Waals surface area contributed by atoms with Crippen molar-refractivity contribution in [3.05, 3.63) is 46.7 Å². The number of hydrogen-bond acceptors (Lipinski definition) is 2. The maximum atomic E-state index is 12.2. The molecule has 1 N–H and O–H groups in total. The third kappa shape index (κ3) is 2.96. The Bertz CT molecular complexity index is 606. The maximum Gasteiger partial charge on any atom is 0.248 e. The first kappa shape index (κ1) is 13.6. The van der Waals surface area contributed by atoms with Gasteiger partial charge < -0.3 is 5.32 Å². The van der Waals surface area contributed by atoms with Crippen molar-refractivity contribution in [1.29, 1.82) is 0 Å². The predicted molar refractivity (Wildman–Crippen MR) is 76.5 cm³/mol. The molecule has 0 aliphatic carbocycles. The number of hydrogen-bond donors (Lipinski definition) is 1. The van der Waals surface area contributed by atoms with Crippen molar-refractivity contribution in [1.82, 2.24) is 9.78 Å². The molecular weight excluding hydrogens is 262 g/mol. The second kappa shape index (κ2) is 5.45. The molecular formula is C14H16ClN3O. The van der Waals surface area contributed by atoms with Crippen LogP contribution in [0.4, 0.5) is 5.69 Å². The van der Waals surface area contributed by atoms with Gasteiger partial charge in [0.1, 0.15) is 6.04 Å². The van der Waals surface area contributed by atoms with Gasteiger partial charge in [0.15, 0.2) is 0 Å².